The molecule has 4 heteroatoms. The molecule has 1 aromatic rings. The zero-order chi connectivity index (χ0) is 13.1. The van der Waals surface area contributed by atoms with Crippen molar-refractivity contribution in [3.8, 4) is 0 Å². The number of aromatic amines is 1. The van der Waals surface area contributed by atoms with Gasteiger partial charge in [0, 0.05) is 17.8 Å². The van der Waals surface area contributed by atoms with Gasteiger partial charge in [0.2, 0.25) is 0 Å². The molecular formula is C14H20N2O2. The van der Waals surface area contributed by atoms with Crippen LogP contribution in [0.1, 0.15) is 60.4 Å². The highest BCUT2D eigenvalue weighted by Gasteiger charge is 2.23. The second-order valence-electron chi connectivity index (χ2n) is 5.20. The third-order valence-electron chi connectivity index (χ3n) is 3.76. The van der Waals surface area contributed by atoms with E-state index in [-0.39, 0.29) is 17.7 Å². The quantitative estimate of drug-likeness (QED) is 0.807. The number of nitrogens with one attached hydrogen (secondary N) is 2. The normalized spacial score (nSPS) is 23.7. The number of carbonyl (C=O) groups is 2. The summed E-state index contributed by atoms with van der Waals surface area (Å²) < 4.78 is 0. The Kier molecular flexibility index (Phi) is 3.84. The van der Waals surface area contributed by atoms with Crippen LogP contribution >= 0.6 is 0 Å². The topological polar surface area (TPSA) is 62.0 Å². The summed E-state index contributed by atoms with van der Waals surface area (Å²) >= 11 is 0. The number of aromatic nitrogens is 1. The lowest BCUT2D eigenvalue weighted by Crippen LogP contribution is -2.41. The number of ketones is 1. The number of hydrogen-bond donors (Lipinski definition) is 2. The van der Waals surface area contributed by atoms with Crippen molar-refractivity contribution in [2.24, 2.45) is 5.92 Å². The first-order valence-corrected chi connectivity index (χ1v) is 6.58. The second kappa shape index (κ2) is 5.38. The van der Waals surface area contributed by atoms with Crippen molar-refractivity contribution < 1.29 is 9.59 Å². The van der Waals surface area contributed by atoms with Gasteiger partial charge in [-0.05, 0) is 31.7 Å². The van der Waals surface area contributed by atoms with Crippen LogP contribution in [0.15, 0.2) is 12.3 Å². The zero-order valence-corrected chi connectivity index (χ0v) is 11.0. The molecule has 4 nitrogen and oxygen atoms in total. The number of carbonyl (C=O) groups excluding carboxylic acids is 2. The average molecular weight is 248 g/mol. The van der Waals surface area contributed by atoms with Crippen LogP contribution < -0.4 is 5.32 Å². The fourth-order valence-corrected chi connectivity index (χ4v) is 2.51. The van der Waals surface area contributed by atoms with Gasteiger partial charge in [-0.15, -0.1) is 0 Å². The van der Waals surface area contributed by atoms with Crippen molar-refractivity contribution in [2.75, 3.05) is 0 Å². The first-order valence-electron chi connectivity index (χ1n) is 6.58. The summed E-state index contributed by atoms with van der Waals surface area (Å²) in [5, 5.41) is 3.06. The molecule has 18 heavy (non-hydrogen) atoms. The summed E-state index contributed by atoms with van der Waals surface area (Å²) in [6.45, 7) is 3.67. The Morgan fingerprint density at radius 1 is 1.33 bits per heavy atom. The van der Waals surface area contributed by atoms with Crippen molar-refractivity contribution in [1.82, 2.24) is 10.3 Å². The van der Waals surface area contributed by atoms with Gasteiger partial charge in [0.15, 0.2) is 5.78 Å². The van der Waals surface area contributed by atoms with Crippen LogP contribution in [0.5, 0.6) is 0 Å². The first kappa shape index (κ1) is 12.9. The minimum absolute atomic E-state index is 0.0312. The number of rotatable bonds is 3. The Morgan fingerprint density at radius 2 is 2.06 bits per heavy atom. The standard InChI is InChI=1S/C14H20N2O2/c1-9-5-3-4-6-12(9)16-14(18)13-7-11(8-15-13)10(2)17/h7-9,12,15H,3-6H2,1-2H3,(H,16,18)/t9-,12+/m0/s1. The molecular weight excluding hydrogens is 228 g/mol. The Balaban J connectivity index is 2.00. The SMILES string of the molecule is CC(=O)c1c[nH]c(C(=O)N[C@@H]2CCCC[C@@H]2C)c1. The molecule has 1 aliphatic carbocycles. The smallest absolute Gasteiger partial charge is 0.267 e. The molecule has 1 saturated carbocycles. The number of H-pyrrole nitrogens is 1. The van der Waals surface area contributed by atoms with Crippen LogP contribution in [0.3, 0.4) is 0 Å². The maximum Gasteiger partial charge on any atom is 0.267 e. The van der Waals surface area contributed by atoms with Gasteiger partial charge in [0.05, 0.1) is 0 Å². The molecule has 0 aromatic carbocycles. The summed E-state index contributed by atoms with van der Waals surface area (Å²) in [5.41, 5.74) is 1.02. The van der Waals surface area contributed by atoms with E-state index < -0.39 is 0 Å². The van der Waals surface area contributed by atoms with Crippen molar-refractivity contribution in [3.63, 3.8) is 0 Å². The van der Waals surface area contributed by atoms with Crippen molar-refractivity contribution in [2.45, 2.75) is 45.6 Å². The van der Waals surface area contributed by atoms with Crippen LogP contribution in [-0.4, -0.2) is 22.7 Å². The number of amides is 1. The van der Waals surface area contributed by atoms with E-state index in [1.807, 2.05) is 0 Å². The van der Waals surface area contributed by atoms with E-state index >= 15 is 0 Å². The van der Waals surface area contributed by atoms with Gasteiger partial charge < -0.3 is 10.3 Å². The molecule has 0 spiro atoms. The lowest BCUT2D eigenvalue weighted by molar-refractivity contribution is 0.0905. The second-order valence-corrected chi connectivity index (χ2v) is 5.20. The maximum absolute atomic E-state index is 12.0. The average Bonchev–Trinajstić information content (AvgIpc) is 2.81. The van der Waals surface area contributed by atoms with Gasteiger partial charge in [0.1, 0.15) is 5.69 Å². The molecule has 1 heterocycles. The van der Waals surface area contributed by atoms with Crippen LogP contribution in [0.25, 0.3) is 0 Å². The van der Waals surface area contributed by atoms with Crippen LogP contribution in [-0.2, 0) is 0 Å². The molecule has 1 amide bonds. The summed E-state index contributed by atoms with van der Waals surface area (Å²) in [6.07, 6.45) is 6.24. The lowest BCUT2D eigenvalue weighted by atomic mass is 9.86. The van der Waals surface area contributed by atoms with Crippen molar-refractivity contribution in [1.29, 1.82) is 0 Å². The molecule has 2 rings (SSSR count). The fourth-order valence-electron chi connectivity index (χ4n) is 2.51. The van der Waals surface area contributed by atoms with E-state index in [0.29, 0.717) is 17.2 Å². The van der Waals surface area contributed by atoms with Crippen molar-refractivity contribution in [3.05, 3.63) is 23.5 Å². The monoisotopic (exact) mass is 248 g/mol. The molecule has 2 N–H and O–H groups in total. The van der Waals surface area contributed by atoms with Crippen LogP contribution in [0.4, 0.5) is 0 Å². The molecule has 1 fully saturated rings. The zero-order valence-electron chi connectivity index (χ0n) is 11.0. The Labute approximate surface area is 107 Å². The predicted octanol–water partition coefficient (Wildman–Crippen LogP) is 2.53. The fraction of sp³-hybridized carbons (Fsp3) is 0.571. The molecule has 0 saturated heterocycles. The molecule has 0 radical (unpaired) electrons. The lowest BCUT2D eigenvalue weighted by Gasteiger charge is -2.29. The van der Waals surface area contributed by atoms with E-state index in [1.165, 1.54) is 26.2 Å². The summed E-state index contributed by atoms with van der Waals surface area (Å²) in [4.78, 5) is 26.1. The maximum atomic E-state index is 12.0. The molecule has 1 aromatic heterocycles. The van der Waals surface area contributed by atoms with Gasteiger partial charge in [-0.3, -0.25) is 9.59 Å². The largest absolute Gasteiger partial charge is 0.356 e. The highest BCUT2D eigenvalue weighted by molar-refractivity contribution is 5.99. The Bertz CT molecular complexity index is 450. The van der Waals surface area contributed by atoms with Gasteiger partial charge in [-0.25, -0.2) is 0 Å². The summed E-state index contributed by atoms with van der Waals surface area (Å²) in [7, 11) is 0. The summed E-state index contributed by atoms with van der Waals surface area (Å²) in [6, 6.07) is 1.88. The van der Waals surface area contributed by atoms with E-state index in [2.05, 4.69) is 17.2 Å². The summed E-state index contributed by atoms with van der Waals surface area (Å²) in [5.74, 6) is 0.391. The molecule has 98 valence electrons. The highest BCUT2D eigenvalue weighted by Crippen LogP contribution is 2.23. The first-order chi connectivity index (χ1) is 8.58. The van der Waals surface area contributed by atoms with E-state index in [4.69, 9.17) is 0 Å². The molecule has 0 bridgehead atoms. The minimum Gasteiger partial charge on any atom is -0.356 e. The predicted molar refractivity (Wildman–Crippen MR) is 69.7 cm³/mol. The molecule has 0 unspecified atom stereocenters. The van der Waals surface area contributed by atoms with Gasteiger partial charge in [-0.2, -0.15) is 0 Å². The highest BCUT2D eigenvalue weighted by atomic mass is 16.2. The number of Topliss-reactive ketones (excluding diaryl/α,β-unsaturated/α-hetero) is 1. The van der Waals surface area contributed by atoms with Gasteiger partial charge in [0.25, 0.3) is 5.91 Å². The molecule has 1 aliphatic rings. The van der Waals surface area contributed by atoms with Gasteiger partial charge >= 0.3 is 0 Å². The Morgan fingerprint density at radius 3 is 2.67 bits per heavy atom. The van der Waals surface area contributed by atoms with E-state index in [0.717, 1.165) is 6.42 Å². The minimum atomic E-state index is -0.110. The van der Waals surface area contributed by atoms with Crippen LogP contribution in [0, 0.1) is 5.92 Å². The van der Waals surface area contributed by atoms with Gasteiger partial charge in [-0.1, -0.05) is 19.8 Å². The molecule has 0 aliphatic heterocycles. The third kappa shape index (κ3) is 2.81. The van der Waals surface area contributed by atoms with E-state index in [9.17, 15) is 9.59 Å². The number of hydrogen-bond acceptors (Lipinski definition) is 2. The molecule has 2 atom stereocenters. The van der Waals surface area contributed by atoms with E-state index in [1.54, 1.807) is 12.3 Å². The third-order valence-corrected chi connectivity index (χ3v) is 3.76. The Hall–Kier alpha value is -1.58. The van der Waals surface area contributed by atoms with Crippen LogP contribution in [0.2, 0.25) is 0 Å². The van der Waals surface area contributed by atoms with Crippen molar-refractivity contribution >= 4 is 11.7 Å².